The van der Waals surface area contributed by atoms with Crippen LogP contribution in [0.4, 0.5) is 0 Å². The van der Waals surface area contributed by atoms with E-state index in [9.17, 15) is 0 Å². The Balaban J connectivity index is 2.34. The van der Waals surface area contributed by atoms with Crippen LogP contribution < -0.4 is 0 Å². The maximum atomic E-state index is 2.36. The molecule has 0 unspecified atom stereocenters. The van der Waals surface area contributed by atoms with Crippen LogP contribution in [0.25, 0.3) is 0 Å². The highest BCUT2D eigenvalue weighted by Crippen LogP contribution is 1.94. The summed E-state index contributed by atoms with van der Waals surface area (Å²) in [5, 5.41) is 0. The minimum absolute atomic E-state index is 0.761. The smallest absolute Gasteiger partial charge is 0.173 e. The van der Waals surface area contributed by atoms with Crippen LogP contribution in [-0.2, 0) is 0 Å². The van der Waals surface area contributed by atoms with Crippen molar-refractivity contribution in [1.82, 2.24) is 0 Å². The molecule has 2 heteroatoms. The molecular weight excluding hydrogens is 136 g/mol. The zero-order valence-electron chi connectivity index (χ0n) is 7.75. The Morgan fingerprint density at radius 2 is 1.91 bits per heavy atom. The first kappa shape index (κ1) is 8.44. The summed E-state index contributed by atoms with van der Waals surface area (Å²) in [6.07, 6.45) is 4.35. The van der Waals surface area contributed by atoms with Crippen LogP contribution >= 0.6 is 0 Å². The molecule has 0 aromatic rings. The van der Waals surface area contributed by atoms with Gasteiger partial charge in [0, 0.05) is 5.92 Å². The summed E-state index contributed by atoms with van der Waals surface area (Å²) in [6.45, 7) is 10.1. The molecule has 0 atom stereocenters. The quantitative estimate of drug-likeness (QED) is 0.530. The van der Waals surface area contributed by atoms with Gasteiger partial charge in [-0.25, -0.2) is 0 Å². The molecule has 0 fully saturated rings. The second-order valence-corrected chi connectivity index (χ2v) is 3.51. The van der Waals surface area contributed by atoms with Crippen molar-refractivity contribution in [3.05, 3.63) is 0 Å². The normalized spacial score (nSPS) is 17.1. The van der Waals surface area contributed by atoms with Crippen LogP contribution in [0, 0.1) is 5.92 Å². The van der Waals surface area contributed by atoms with Gasteiger partial charge in [-0.1, -0.05) is 13.8 Å². The van der Waals surface area contributed by atoms with E-state index in [1.54, 1.807) is 0 Å². The van der Waals surface area contributed by atoms with Gasteiger partial charge in [0.05, 0.1) is 0 Å². The van der Waals surface area contributed by atoms with Crippen LogP contribution in [0.1, 0.15) is 20.8 Å². The van der Waals surface area contributed by atoms with Crippen molar-refractivity contribution in [2.24, 2.45) is 5.92 Å². The standard InChI is InChI=1S/C9H18N2/c1-4-10-5-6-11(8-10)7-9(2)3/h5-6,9H,4,7-8H2,1-3H3/q+2. The van der Waals surface area contributed by atoms with E-state index >= 15 is 0 Å². The Labute approximate surface area is 68.9 Å². The van der Waals surface area contributed by atoms with Gasteiger partial charge in [0.15, 0.2) is 6.54 Å². The van der Waals surface area contributed by atoms with E-state index in [4.69, 9.17) is 0 Å². The summed E-state index contributed by atoms with van der Waals surface area (Å²) < 4.78 is 4.66. The zero-order valence-corrected chi connectivity index (χ0v) is 7.75. The highest BCUT2D eigenvalue weighted by molar-refractivity contribution is 6.11. The Bertz CT molecular complexity index is 190. The van der Waals surface area contributed by atoms with E-state index in [0.29, 0.717) is 0 Å². The average Bonchev–Trinajstić information content (AvgIpc) is 2.34. The molecule has 2 nitrogen and oxygen atoms in total. The van der Waals surface area contributed by atoms with Crippen LogP contribution in [-0.4, -0.2) is 41.3 Å². The number of hydrogen-bond acceptors (Lipinski definition) is 0. The van der Waals surface area contributed by atoms with Gasteiger partial charge in [0.2, 0.25) is 12.4 Å². The summed E-state index contributed by atoms with van der Waals surface area (Å²) in [7, 11) is 0. The third-order valence-corrected chi connectivity index (χ3v) is 1.86. The van der Waals surface area contributed by atoms with Crippen molar-refractivity contribution in [2.75, 3.05) is 19.8 Å². The van der Waals surface area contributed by atoms with Gasteiger partial charge in [-0.15, -0.1) is 0 Å². The maximum absolute atomic E-state index is 2.36. The lowest BCUT2D eigenvalue weighted by Gasteiger charge is -1.99. The molecule has 11 heavy (non-hydrogen) atoms. The van der Waals surface area contributed by atoms with Gasteiger partial charge < -0.3 is 0 Å². The maximum Gasteiger partial charge on any atom is 0.334 e. The first-order valence-electron chi connectivity index (χ1n) is 4.38. The van der Waals surface area contributed by atoms with Crippen molar-refractivity contribution in [3.8, 4) is 0 Å². The highest BCUT2D eigenvalue weighted by atomic mass is 15.2. The predicted octanol–water partition coefficient (Wildman–Crippen LogP) is 0.800. The van der Waals surface area contributed by atoms with Crippen LogP contribution in [0.2, 0.25) is 0 Å². The molecule has 0 aromatic carbocycles. The fraction of sp³-hybridized carbons (Fsp3) is 0.778. The molecule has 0 radical (unpaired) electrons. The first-order chi connectivity index (χ1) is 5.22. The Kier molecular flexibility index (Phi) is 2.80. The SMILES string of the molecule is CC[N+]1=CC=[N+](CC(C)C)C1. The van der Waals surface area contributed by atoms with Crippen molar-refractivity contribution in [3.63, 3.8) is 0 Å². The molecule has 62 valence electrons. The van der Waals surface area contributed by atoms with Gasteiger partial charge in [-0.3, -0.25) is 0 Å². The van der Waals surface area contributed by atoms with E-state index in [0.717, 1.165) is 19.1 Å². The number of nitrogens with zero attached hydrogens (tertiary/aromatic N) is 2. The molecule has 0 amide bonds. The van der Waals surface area contributed by atoms with E-state index in [1.165, 1.54) is 6.54 Å². The Hall–Kier alpha value is -0.660. The van der Waals surface area contributed by atoms with Crippen molar-refractivity contribution < 1.29 is 9.15 Å². The molecule has 0 spiro atoms. The summed E-state index contributed by atoms with van der Waals surface area (Å²) in [5.74, 6) is 0.761. The van der Waals surface area contributed by atoms with E-state index < -0.39 is 0 Å². The summed E-state index contributed by atoms with van der Waals surface area (Å²) in [6, 6.07) is 0. The topological polar surface area (TPSA) is 6.02 Å². The summed E-state index contributed by atoms with van der Waals surface area (Å²) >= 11 is 0. The largest absolute Gasteiger partial charge is 0.334 e. The highest BCUT2D eigenvalue weighted by Gasteiger charge is 2.18. The third kappa shape index (κ3) is 2.45. The molecule has 1 rings (SSSR count). The lowest BCUT2D eigenvalue weighted by atomic mass is 10.2. The Morgan fingerprint density at radius 1 is 1.27 bits per heavy atom. The van der Waals surface area contributed by atoms with Crippen molar-refractivity contribution in [2.45, 2.75) is 20.8 Å². The molecule has 0 saturated heterocycles. The number of hydrogen-bond donors (Lipinski definition) is 0. The van der Waals surface area contributed by atoms with Crippen molar-refractivity contribution >= 4 is 12.4 Å². The van der Waals surface area contributed by atoms with Gasteiger partial charge in [-0.05, 0) is 6.92 Å². The summed E-state index contributed by atoms with van der Waals surface area (Å²) in [4.78, 5) is 0. The fourth-order valence-electron chi connectivity index (χ4n) is 1.31. The molecule has 0 saturated carbocycles. The van der Waals surface area contributed by atoms with Gasteiger partial charge in [0.1, 0.15) is 6.54 Å². The minimum atomic E-state index is 0.761. The fourth-order valence-corrected chi connectivity index (χ4v) is 1.31. The van der Waals surface area contributed by atoms with Crippen molar-refractivity contribution in [1.29, 1.82) is 0 Å². The molecule has 1 heterocycles. The first-order valence-corrected chi connectivity index (χ1v) is 4.38. The van der Waals surface area contributed by atoms with Crippen LogP contribution in [0.3, 0.4) is 0 Å². The molecular formula is C9H18N2+2. The summed E-state index contributed by atoms with van der Waals surface area (Å²) in [5.41, 5.74) is 0. The minimum Gasteiger partial charge on any atom is -0.173 e. The van der Waals surface area contributed by atoms with Gasteiger partial charge in [-0.2, -0.15) is 9.15 Å². The van der Waals surface area contributed by atoms with E-state index in [-0.39, 0.29) is 0 Å². The predicted molar refractivity (Wildman–Crippen MR) is 47.8 cm³/mol. The van der Waals surface area contributed by atoms with Gasteiger partial charge in [0.25, 0.3) is 0 Å². The lowest BCUT2D eigenvalue weighted by Crippen LogP contribution is -2.22. The average molecular weight is 154 g/mol. The molecule has 0 aromatic heterocycles. The van der Waals surface area contributed by atoms with Crippen LogP contribution in [0.15, 0.2) is 0 Å². The van der Waals surface area contributed by atoms with Crippen LogP contribution in [0.5, 0.6) is 0 Å². The second-order valence-electron chi connectivity index (χ2n) is 3.51. The molecule has 1 aliphatic rings. The van der Waals surface area contributed by atoms with E-state index in [2.05, 4.69) is 42.4 Å². The molecule has 0 N–H and O–H groups in total. The third-order valence-electron chi connectivity index (χ3n) is 1.86. The van der Waals surface area contributed by atoms with Gasteiger partial charge >= 0.3 is 6.67 Å². The molecule has 1 aliphatic heterocycles. The zero-order chi connectivity index (χ0) is 8.27. The Morgan fingerprint density at radius 3 is 2.36 bits per heavy atom. The second kappa shape index (κ2) is 3.65. The number of rotatable bonds is 3. The molecule has 0 aliphatic carbocycles. The lowest BCUT2D eigenvalue weighted by molar-refractivity contribution is -0.712. The molecule has 0 bridgehead atoms. The van der Waals surface area contributed by atoms with E-state index in [1.807, 2.05) is 0 Å². The monoisotopic (exact) mass is 154 g/mol.